The van der Waals surface area contributed by atoms with E-state index in [-0.39, 0.29) is 30.2 Å². The number of anilines is 2. The van der Waals surface area contributed by atoms with Crippen LogP contribution in [0.1, 0.15) is 24.9 Å². The minimum atomic E-state index is -0.454. The van der Waals surface area contributed by atoms with Gasteiger partial charge in [-0.3, -0.25) is 14.4 Å². The summed E-state index contributed by atoms with van der Waals surface area (Å²) in [4.78, 5) is 37.7. The monoisotopic (exact) mass is 351 g/mol. The van der Waals surface area contributed by atoms with Crippen LogP contribution in [0.4, 0.5) is 11.4 Å². The number of nitrogens with one attached hydrogen (secondary N) is 2. The molecule has 6 nitrogen and oxygen atoms in total. The van der Waals surface area contributed by atoms with Gasteiger partial charge in [-0.25, -0.2) is 0 Å². The van der Waals surface area contributed by atoms with Crippen LogP contribution >= 0.6 is 0 Å². The lowest BCUT2D eigenvalue weighted by Gasteiger charge is -2.25. The lowest BCUT2D eigenvalue weighted by atomic mass is 9.93. The molecular formula is C20H21N3O3. The van der Waals surface area contributed by atoms with Gasteiger partial charge in [0.25, 0.3) is 0 Å². The molecule has 6 heteroatoms. The van der Waals surface area contributed by atoms with Gasteiger partial charge in [-0.1, -0.05) is 30.3 Å². The topological polar surface area (TPSA) is 78.5 Å². The Kier molecular flexibility index (Phi) is 5.02. The summed E-state index contributed by atoms with van der Waals surface area (Å²) in [7, 11) is 1.73. The fourth-order valence-corrected chi connectivity index (χ4v) is 3.29. The Morgan fingerprint density at radius 3 is 2.12 bits per heavy atom. The van der Waals surface area contributed by atoms with Crippen molar-refractivity contribution in [2.24, 2.45) is 5.92 Å². The first-order valence-electron chi connectivity index (χ1n) is 8.45. The van der Waals surface area contributed by atoms with Crippen molar-refractivity contribution in [1.29, 1.82) is 0 Å². The second-order valence-electron chi connectivity index (χ2n) is 6.42. The molecule has 2 aromatic carbocycles. The fraction of sp³-hybridized carbons (Fsp3) is 0.250. The minimum absolute atomic E-state index is 0.0417. The third kappa shape index (κ3) is 3.74. The van der Waals surface area contributed by atoms with Gasteiger partial charge in [-0.15, -0.1) is 0 Å². The van der Waals surface area contributed by atoms with Gasteiger partial charge in [-0.05, 0) is 29.8 Å². The summed E-state index contributed by atoms with van der Waals surface area (Å²) in [5, 5.41) is 5.55. The number of benzene rings is 2. The Morgan fingerprint density at radius 1 is 0.962 bits per heavy atom. The van der Waals surface area contributed by atoms with Crippen molar-refractivity contribution in [3.8, 4) is 0 Å². The number of carbonyl (C=O) groups excluding carboxylic acids is 3. The number of nitrogens with zero attached hydrogens (tertiary/aromatic N) is 1. The molecule has 1 aliphatic rings. The van der Waals surface area contributed by atoms with Gasteiger partial charge in [0, 0.05) is 31.8 Å². The molecule has 134 valence electrons. The standard InChI is InChI=1S/C20H21N3O3/c1-13(24)21-15-8-10-16(11-9-15)22-20(26)17-12-18(25)23(2)19(17)14-6-4-3-5-7-14/h3-11,17,19H,12H2,1-2H3,(H,21,24)(H,22,26)/t17-,19-/m0/s1. The van der Waals surface area contributed by atoms with Gasteiger partial charge in [0.1, 0.15) is 0 Å². The van der Waals surface area contributed by atoms with Gasteiger partial charge in [-0.2, -0.15) is 0 Å². The summed E-state index contributed by atoms with van der Waals surface area (Å²) >= 11 is 0. The summed E-state index contributed by atoms with van der Waals surface area (Å²) in [5.74, 6) is -0.839. The Labute approximate surface area is 152 Å². The molecule has 1 fully saturated rings. The van der Waals surface area contributed by atoms with Crippen molar-refractivity contribution in [2.45, 2.75) is 19.4 Å². The van der Waals surface area contributed by atoms with E-state index >= 15 is 0 Å². The van der Waals surface area contributed by atoms with Crippen LogP contribution in [0.5, 0.6) is 0 Å². The van der Waals surface area contributed by atoms with Crippen molar-refractivity contribution in [2.75, 3.05) is 17.7 Å². The average molecular weight is 351 g/mol. The third-order valence-corrected chi connectivity index (χ3v) is 4.54. The van der Waals surface area contributed by atoms with Crippen LogP contribution in [0.3, 0.4) is 0 Å². The zero-order chi connectivity index (χ0) is 18.7. The molecule has 0 radical (unpaired) electrons. The number of rotatable bonds is 4. The van der Waals surface area contributed by atoms with Crippen LogP contribution in [-0.2, 0) is 14.4 Å². The zero-order valence-electron chi connectivity index (χ0n) is 14.7. The number of carbonyl (C=O) groups is 3. The lowest BCUT2D eigenvalue weighted by Crippen LogP contribution is -2.30. The molecule has 3 rings (SSSR count). The highest BCUT2D eigenvalue weighted by Gasteiger charge is 2.42. The number of hydrogen-bond acceptors (Lipinski definition) is 3. The predicted molar refractivity (Wildman–Crippen MR) is 99.4 cm³/mol. The van der Waals surface area contributed by atoms with Crippen LogP contribution in [-0.4, -0.2) is 29.7 Å². The van der Waals surface area contributed by atoms with E-state index in [1.54, 1.807) is 36.2 Å². The summed E-state index contributed by atoms with van der Waals surface area (Å²) < 4.78 is 0. The maximum absolute atomic E-state index is 12.8. The quantitative estimate of drug-likeness (QED) is 0.889. The van der Waals surface area contributed by atoms with Crippen molar-refractivity contribution in [3.63, 3.8) is 0 Å². The highest BCUT2D eigenvalue weighted by atomic mass is 16.2. The number of likely N-dealkylation sites (tertiary alicyclic amines) is 1. The molecule has 3 amide bonds. The van der Waals surface area contributed by atoms with Crippen LogP contribution in [0, 0.1) is 5.92 Å². The second kappa shape index (κ2) is 7.39. The van der Waals surface area contributed by atoms with E-state index in [0.29, 0.717) is 11.4 Å². The van der Waals surface area contributed by atoms with Gasteiger partial charge in [0.05, 0.1) is 12.0 Å². The van der Waals surface area contributed by atoms with Gasteiger partial charge in [0.15, 0.2) is 0 Å². The van der Waals surface area contributed by atoms with Crippen molar-refractivity contribution in [1.82, 2.24) is 4.90 Å². The van der Waals surface area contributed by atoms with Gasteiger partial charge in [0.2, 0.25) is 17.7 Å². The molecule has 1 aliphatic heterocycles. The molecular weight excluding hydrogens is 330 g/mol. The third-order valence-electron chi connectivity index (χ3n) is 4.54. The molecule has 26 heavy (non-hydrogen) atoms. The smallest absolute Gasteiger partial charge is 0.230 e. The van der Waals surface area contributed by atoms with E-state index in [1.165, 1.54) is 6.92 Å². The maximum atomic E-state index is 12.8. The highest BCUT2D eigenvalue weighted by molar-refractivity contribution is 5.98. The van der Waals surface area contributed by atoms with E-state index in [2.05, 4.69) is 10.6 Å². The maximum Gasteiger partial charge on any atom is 0.230 e. The van der Waals surface area contributed by atoms with Gasteiger partial charge < -0.3 is 15.5 Å². The van der Waals surface area contributed by atoms with Crippen LogP contribution < -0.4 is 10.6 Å². The molecule has 2 aromatic rings. The van der Waals surface area contributed by atoms with Crippen molar-refractivity contribution < 1.29 is 14.4 Å². The molecule has 2 N–H and O–H groups in total. The molecule has 0 aromatic heterocycles. The van der Waals surface area contributed by atoms with E-state index < -0.39 is 5.92 Å². The molecule has 0 bridgehead atoms. The lowest BCUT2D eigenvalue weighted by molar-refractivity contribution is -0.128. The average Bonchev–Trinajstić information content (AvgIpc) is 2.92. The van der Waals surface area contributed by atoms with E-state index in [1.807, 2.05) is 30.3 Å². The molecule has 1 heterocycles. The summed E-state index contributed by atoms with van der Waals surface area (Å²) in [5.41, 5.74) is 2.23. The van der Waals surface area contributed by atoms with E-state index in [9.17, 15) is 14.4 Å². The zero-order valence-corrected chi connectivity index (χ0v) is 14.7. The summed E-state index contributed by atoms with van der Waals surface area (Å²) in [6.07, 6.45) is 0.186. The summed E-state index contributed by atoms with van der Waals surface area (Å²) in [6, 6.07) is 16.2. The van der Waals surface area contributed by atoms with E-state index in [0.717, 1.165) is 5.56 Å². The molecule has 0 aliphatic carbocycles. The van der Waals surface area contributed by atoms with E-state index in [4.69, 9.17) is 0 Å². The first-order valence-corrected chi connectivity index (χ1v) is 8.45. The first-order chi connectivity index (χ1) is 12.5. The second-order valence-corrected chi connectivity index (χ2v) is 6.42. The molecule has 0 unspecified atom stereocenters. The molecule has 0 saturated carbocycles. The Hall–Kier alpha value is -3.15. The molecule has 2 atom stereocenters. The Morgan fingerprint density at radius 2 is 1.54 bits per heavy atom. The molecule has 0 spiro atoms. The van der Waals surface area contributed by atoms with Gasteiger partial charge >= 0.3 is 0 Å². The summed E-state index contributed by atoms with van der Waals surface area (Å²) in [6.45, 7) is 1.44. The Balaban J connectivity index is 1.75. The normalized spacial score (nSPS) is 19.3. The highest BCUT2D eigenvalue weighted by Crippen LogP contribution is 2.37. The van der Waals surface area contributed by atoms with Crippen molar-refractivity contribution >= 4 is 29.1 Å². The first kappa shape index (κ1) is 17.7. The SMILES string of the molecule is CC(=O)Nc1ccc(NC(=O)[C@H]2CC(=O)N(C)[C@H]2c2ccccc2)cc1. The number of amides is 3. The largest absolute Gasteiger partial charge is 0.338 e. The van der Waals surface area contributed by atoms with Crippen LogP contribution in [0.25, 0.3) is 0 Å². The predicted octanol–water partition coefficient (Wildman–Crippen LogP) is 2.80. The van der Waals surface area contributed by atoms with Crippen LogP contribution in [0.2, 0.25) is 0 Å². The number of hydrogen-bond donors (Lipinski definition) is 2. The fourth-order valence-electron chi connectivity index (χ4n) is 3.29. The van der Waals surface area contributed by atoms with Crippen LogP contribution in [0.15, 0.2) is 54.6 Å². The molecule has 1 saturated heterocycles. The van der Waals surface area contributed by atoms with Crippen molar-refractivity contribution in [3.05, 3.63) is 60.2 Å². The minimum Gasteiger partial charge on any atom is -0.338 e. The Bertz CT molecular complexity index is 818.